The summed E-state index contributed by atoms with van der Waals surface area (Å²) >= 11 is 0. The molecule has 0 aliphatic carbocycles. The molecule has 0 spiro atoms. The molecule has 1 heterocycles. The first-order valence-corrected chi connectivity index (χ1v) is 5.14. The Hall–Kier alpha value is -1.36. The molecular formula is C10H18N4O. The maximum Gasteiger partial charge on any atom is 0.271 e. The Morgan fingerprint density at radius 1 is 1.73 bits per heavy atom. The number of amides is 1. The van der Waals surface area contributed by atoms with Crippen LogP contribution in [0.4, 0.5) is 0 Å². The summed E-state index contributed by atoms with van der Waals surface area (Å²) in [4.78, 5) is 11.6. The summed E-state index contributed by atoms with van der Waals surface area (Å²) in [6.07, 6.45) is 3.57. The molecule has 1 unspecified atom stereocenters. The summed E-state index contributed by atoms with van der Waals surface area (Å²) in [5, 5.41) is 6.90. The first-order chi connectivity index (χ1) is 7.13. The van der Waals surface area contributed by atoms with E-state index in [0.717, 1.165) is 12.8 Å². The number of nitrogens with one attached hydrogen (secondary N) is 1. The van der Waals surface area contributed by atoms with Crippen LogP contribution in [0.2, 0.25) is 0 Å². The number of carbonyl (C=O) groups is 1. The predicted octanol–water partition coefficient (Wildman–Crippen LogP) is 0.277. The van der Waals surface area contributed by atoms with Gasteiger partial charge >= 0.3 is 0 Å². The van der Waals surface area contributed by atoms with Gasteiger partial charge in [-0.25, -0.2) is 0 Å². The van der Waals surface area contributed by atoms with Crippen LogP contribution < -0.4 is 11.1 Å². The molecule has 0 bridgehead atoms. The third-order valence-corrected chi connectivity index (χ3v) is 2.17. The molecule has 1 atom stereocenters. The van der Waals surface area contributed by atoms with Crippen LogP contribution >= 0.6 is 0 Å². The Morgan fingerprint density at radius 3 is 3.00 bits per heavy atom. The first-order valence-electron chi connectivity index (χ1n) is 5.14. The molecule has 0 saturated heterocycles. The molecule has 0 aliphatic rings. The number of carbonyl (C=O) groups excluding carboxylic acids is 1. The number of nitrogens with two attached hydrogens (primary N) is 1. The monoisotopic (exact) mass is 210 g/mol. The molecule has 0 radical (unpaired) electrons. The third kappa shape index (κ3) is 3.71. The standard InChI is InChI=1S/C10H18N4O/c1-8(4-3-6-11)12-10(15)9-5-7-14(2)13-9/h5,7-8H,3-4,6,11H2,1-2H3,(H,12,15). The summed E-state index contributed by atoms with van der Waals surface area (Å²) < 4.78 is 1.61. The van der Waals surface area contributed by atoms with E-state index in [1.807, 2.05) is 6.92 Å². The van der Waals surface area contributed by atoms with Gasteiger partial charge in [-0.3, -0.25) is 9.48 Å². The van der Waals surface area contributed by atoms with Crippen molar-refractivity contribution >= 4 is 5.91 Å². The normalized spacial score (nSPS) is 12.5. The average Bonchev–Trinajstić information content (AvgIpc) is 2.61. The molecule has 5 nitrogen and oxygen atoms in total. The quantitative estimate of drug-likeness (QED) is 0.733. The topological polar surface area (TPSA) is 72.9 Å². The Morgan fingerprint density at radius 2 is 2.47 bits per heavy atom. The zero-order chi connectivity index (χ0) is 11.3. The summed E-state index contributed by atoms with van der Waals surface area (Å²) in [7, 11) is 1.79. The SMILES string of the molecule is CC(CCCN)NC(=O)c1ccn(C)n1. The van der Waals surface area contributed by atoms with Gasteiger partial charge in [0.05, 0.1) is 0 Å². The van der Waals surface area contributed by atoms with Gasteiger partial charge in [-0.15, -0.1) is 0 Å². The van der Waals surface area contributed by atoms with Gasteiger partial charge < -0.3 is 11.1 Å². The Labute approximate surface area is 89.6 Å². The highest BCUT2D eigenvalue weighted by molar-refractivity contribution is 5.92. The van der Waals surface area contributed by atoms with Crippen LogP contribution in [0.15, 0.2) is 12.3 Å². The zero-order valence-corrected chi connectivity index (χ0v) is 9.23. The fourth-order valence-corrected chi connectivity index (χ4v) is 1.33. The second-order valence-electron chi connectivity index (χ2n) is 3.68. The second-order valence-corrected chi connectivity index (χ2v) is 3.68. The summed E-state index contributed by atoms with van der Waals surface area (Å²) in [5.41, 5.74) is 5.85. The fourth-order valence-electron chi connectivity index (χ4n) is 1.33. The van der Waals surface area contributed by atoms with E-state index in [2.05, 4.69) is 10.4 Å². The van der Waals surface area contributed by atoms with Gasteiger partial charge in [-0.05, 0) is 32.4 Å². The van der Waals surface area contributed by atoms with Gasteiger partial charge in [0.15, 0.2) is 0 Å². The van der Waals surface area contributed by atoms with Crippen molar-refractivity contribution in [2.45, 2.75) is 25.8 Å². The average molecular weight is 210 g/mol. The highest BCUT2D eigenvalue weighted by atomic mass is 16.2. The van der Waals surface area contributed by atoms with Crippen LogP contribution in [-0.4, -0.2) is 28.3 Å². The lowest BCUT2D eigenvalue weighted by Crippen LogP contribution is -2.33. The molecule has 1 aromatic heterocycles. The van der Waals surface area contributed by atoms with E-state index < -0.39 is 0 Å². The van der Waals surface area contributed by atoms with Crippen molar-refractivity contribution in [3.8, 4) is 0 Å². The Kier molecular flexibility index (Phi) is 4.30. The maximum absolute atomic E-state index is 11.6. The van der Waals surface area contributed by atoms with Crippen molar-refractivity contribution in [2.75, 3.05) is 6.54 Å². The van der Waals surface area contributed by atoms with Crippen LogP contribution in [0, 0.1) is 0 Å². The van der Waals surface area contributed by atoms with Crippen LogP contribution in [0.25, 0.3) is 0 Å². The molecule has 1 amide bonds. The smallest absolute Gasteiger partial charge is 0.271 e. The minimum absolute atomic E-state index is 0.125. The van der Waals surface area contributed by atoms with Gasteiger partial charge in [0.1, 0.15) is 5.69 Å². The van der Waals surface area contributed by atoms with E-state index in [-0.39, 0.29) is 11.9 Å². The lowest BCUT2D eigenvalue weighted by atomic mass is 10.2. The molecule has 15 heavy (non-hydrogen) atoms. The number of aromatic nitrogens is 2. The summed E-state index contributed by atoms with van der Waals surface area (Å²) in [6, 6.07) is 1.84. The molecule has 5 heteroatoms. The highest BCUT2D eigenvalue weighted by Crippen LogP contribution is 1.98. The van der Waals surface area contributed by atoms with Crippen molar-refractivity contribution < 1.29 is 4.79 Å². The molecule has 3 N–H and O–H groups in total. The largest absolute Gasteiger partial charge is 0.348 e. The molecule has 1 aromatic rings. The van der Waals surface area contributed by atoms with Gasteiger partial charge in [-0.2, -0.15) is 5.10 Å². The summed E-state index contributed by atoms with van der Waals surface area (Å²) in [5.74, 6) is -0.125. The van der Waals surface area contributed by atoms with Gasteiger partial charge in [0.2, 0.25) is 0 Å². The van der Waals surface area contributed by atoms with E-state index in [1.165, 1.54) is 0 Å². The van der Waals surface area contributed by atoms with Crippen LogP contribution in [0.1, 0.15) is 30.3 Å². The molecule has 0 saturated carbocycles. The number of rotatable bonds is 5. The summed E-state index contributed by atoms with van der Waals surface area (Å²) in [6.45, 7) is 2.63. The van der Waals surface area contributed by atoms with Crippen molar-refractivity contribution in [2.24, 2.45) is 12.8 Å². The lowest BCUT2D eigenvalue weighted by molar-refractivity contribution is 0.0932. The molecule has 1 rings (SSSR count). The fraction of sp³-hybridized carbons (Fsp3) is 0.600. The number of nitrogens with zero attached hydrogens (tertiary/aromatic N) is 2. The van der Waals surface area contributed by atoms with Crippen LogP contribution in [-0.2, 0) is 7.05 Å². The van der Waals surface area contributed by atoms with E-state index in [0.29, 0.717) is 12.2 Å². The van der Waals surface area contributed by atoms with E-state index in [9.17, 15) is 4.79 Å². The van der Waals surface area contributed by atoms with E-state index in [1.54, 1.807) is 24.0 Å². The number of aryl methyl sites for hydroxylation is 1. The first kappa shape index (κ1) is 11.7. The molecule has 0 aromatic carbocycles. The lowest BCUT2D eigenvalue weighted by Gasteiger charge is -2.11. The van der Waals surface area contributed by atoms with E-state index >= 15 is 0 Å². The minimum atomic E-state index is -0.125. The third-order valence-electron chi connectivity index (χ3n) is 2.17. The van der Waals surface area contributed by atoms with Crippen molar-refractivity contribution in [1.29, 1.82) is 0 Å². The Balaban J connectivity index is 2.42. The number of hydrogen-bond donors (Lipinski definition) is 2. The maximum atomic E-state index is 11.6. The van der Waals surface area contributed by atoms with Crippen LogP contribution in [0.5, 0.6) is 0 Å². The predicted molar refractivity (Wildman–Crippen MR) is 58.4 cm³/mol. The van der Waals surface area contributed by atoms with Crippen molar-refractivity contribution in [1.82, 2.24) is 15.1 Å². The van der Waals surface area contributed by atoms with E-state index in [4.69, 9.17) is 5.73 Å². The van der Waals surface area contributed by atoms with Crippen LogP contribution in [0.3, 0.4) is 0 Å². The second kappa shape index (κ2) is 5.50. The van der Waals surface area contributed by atoms with Gasteiger partial charge in [0.25, 0.3) is 5.91 Å². The molecular weight excluding hydrogens is 192 g/mol. The molecule has 0 aliphatic heterocycles. The molecule has 0 fully saturated rings. The van der Waals surface area contributed by atoms with Gasteiger partial charge in [0, 0.05) is 19.3 Å². The number of hydrogen-bond acceptors (Lipinski definition) is 3. The van der Waals surface area contributed by atoms with Gasteiger partial charge in [-0.1, -0.05) is 0 Å². The molecule has 84 valence electrons. The van der Waals surface area contributed by atoms with Crippen molar-refractivity contribution in [3.05, 3.63) is 18.0 Å². The van der Waals surface area contributed by atoms with Crippen molar-refractivity contribution in [3.63, 3.8) is 0 Å². The Bertz CT molecular complexity index is 321. The minimum Gasteiger partial charge on any atom is -0.348 e. The highest BCUT2D eigenvalue weighted by Gasteiger charge is 2.11. The zero-order valence-electron chi connectivity index (χ0n) is 9.23.